The van der Waals surface area contributed by atoms with Crippen molar-refractivity contribution in [3.8, 4) is 11.1 Å². The van der Waals surface area contributed by atoms with Gasteiger partial charge in [0, 0.05) is 36.7 Å². The highest BCUT2D eigenvalue weighted by molar-refractivity contribution is 7.08. The van der Waals surface area contributed by atoms with Crippen molar-refractivity contribution >= 4 is 17.2 Å². The first-order chi connectivity index (χ1) is 11.6. The van der Waals surface area contributed by atoms with Gasteiger partial charge in [-0.05, 0) is 55.5 Å². The Kier molecular flexibility index (Phi) is 7.06. The average Bonchev–Trinajstić information content (AvgIpc) is 3.16. The Morgan fingerprint density at radius 2 is 2.12 bits per heavy atom. The lowest BCUT2D eigenvalue weighted by Crippen LogP contribution is -2.13. The average molecular weight is 349 g/mol. The first-order valence-corrected chi connectivity index (χ1v) is 9.68. The van der Waals surface area contributed by atoms with Crippen molar-refractivity contribution in [2.24, 2.45) is 5.73 Å². The molecule has 0 atom stereocenters. The van der Waals surface area contributed by atoms with E-state index in [-0.39, 0.29) is 5.91 Å². The Balaban J connectivity index is 2.47. The number of unbranched alkanes of at least 4 members (excludes halogenated alkanes) is 1. The molecule has 0 aliphatic rings. The van der Waals surface area contributed by atoms with Crippen molar-refractivity contribution in [3.05, 3.63) is 33.8 Å². The molecule has 0 saturated carbocycles. The van der Waals surface area contributed by atoms with Gasteiger partial charge >= 0.3 is 0 Å². The van der Waals surface area contributed by atoms with Gasteiger partial charge in [0.05, 0.1) is 5.56 Å². The molecule has 2 rings (SSSR count). The maximum atomic E-state index is 12.1. The van der Waals surface area contributed by atoms with Gasteiger partial charge in [-0.2, -0.15) is 11.3 Å². The summed E-state index contributed by atoms with van der Waals surface area (Å²) in [7, 11) is 0. The van der Waals surface area contributed by atoms with E-state index < -0.39 is 0 Å². The summed E-state index contributed by atoms with van der Waals surface area (Å²) >= 11 is 1.65. The lowest BCUT2D eigenvalue weighted by atomic mass is 10.00. The van der Waals surface area contributed by atoms with Crippen LogP contribution in [0, 0.1) is 6.92 Å². The second-order valence-corrected chi connectivity index (χ2v) is 6.74. The maximum absolute atomic E-state index is 12.1. The van der Waals surface area contributed by atoms with E-state index in [1.165, 1.54) is 5.69 Å². The first-order valence-electron chi connectivity index (χ1n) is 8.73. The van der Waals surface area contributed by atoms with Gasteiger partial charge in [0.15, 0.2) is 0 Å². The van der Waals surface area contributed by atoms with Crippen LogP contribution >= 0.6 is 11.3 Å². The summed E-state index contributed by atoms with van der Waals surface area (Å²) < 4.78 is 7.75. The van der Waals surface area contributed by atoms with Crippen LogP contribution < -0.4 is 5.73 Å². The third-order valence-electron chi connectivity index (χ3n) is 4.33. The fraction of sp³-hybridized carbons (Fsp3) is 0.526. The summed E-state index contributed by atoms with van der Waals surface area (Å²) in [5, 5.41) is 4.15. The number of nitrogens with two attached hydrogens (primary N) is 1. The van der Waals surface area contributed by atoms with Crippen LogP contribution in [0.4, 0.5) is 0 Å². The Labute approximate surface area is 148 Å². The second kappa shape index (κ2) is 9.04. The molecule has 0 unspecified atom stereocenters. The number of thiophene rings is 1. The van der Waals surface area contributed by atoms with Crippen LogP contribution in [-0.2, 0) is 17.7 Å². The van der Waals surface area contributed by atoms with E-state index in [0.29, 0.717) is 5.56 Å². The number of primary amides is 1. The fourth-order valence-corrected chi connectivity index (χ4v) is 3.84. The van der Waals surface area contributed by atoms with E-state index in [1.54, 1.807) is 11.3 Å². The smallest absolute Gasteiger partial charge is 0.251 e. The Hall–Kier alpha value is -1.59. The molecule has 0 bridgehead atoms. The quantitative estimate of drug-likeness (QED) is 0.647. The summed E-state index contributed by atoms with van der Waals surface area (Å²) in [6, 6.07) is 2.08. The van der Waals surface area contributed by atoms with Crippen LogP contribution in [0.3, 0.4) is 0 Å². The Morgan fingerprint density at radius 3 is 2.71 bits per heavy atom. The van der Waals surface area contributed by atoms with E-state index >= 15 is 0 Å². The molecule has 132 valence electrons. The molecule has 24 heavy (non-hydrogen) atoms. The zero-order chi connectivity index (χ0) is 17.5. The molecule has 0 aromatic carbocycles. The lowest BCUT2D eigenvalue weighted by molar-refractivity contribution is 0.1000. The second-order valence-electron chi connectivity index (χ2n) is 5.96. The normalized spacial score (nSPS) is 11.1. The van der Waals surface area contributed by atoms with Crippen molar-refractivity contribution in [2.45, 2.75) is 53.0 Å². The molecule has 5 heteroatoms. The monoisotopic (exact) mass is 348 g/mol. The number of carbonyl (C=O) groups excluding carboxylic acids is 1. The number of rotatable bonds is 10. The van der Waals surface area contributed by atoms with Gasteiger partial charge in [-0.15, -0.1) is 0 Å². The molecule has 1 amide bonds. The number of nitrogens with zero attached hydrogens (tertiary/aromatic N) is 1. The third-order valence-corrected chi connectivity index (χ3v) is 5.01. The molecular formula is C19H28N2O2S. The molecule has 0 aliphatic carbocycles. The van der Waals surface area contributed by atoms with E-state index in [1.807, 2.05) is 19.2 Å². The van der Waals surface area contributed by atoms with Crippen LogP contribution in [0.25, 0.3) is 11.1 Å². The number of ether oxygens (including phenoxy) is 1. The minimum Gasteiger partial charge on any atom is -0.382 e. The predicted octanol–water partition coefficient (Wildman–Crippen LogP) is 4.39. The molecule has 0 spiro atoms. The van der Waals surface area contributed by atoms with Crippen LogP contribution in [0.15, 0.2) is 16.8 Å². The van der Waals surface area contributed by atoms with Crippen LogP contribution in [0.2, 0.25) is 0 Å². The minimum atomic E-state index is -0.338. The molecule has 0 fully saturated rings. The highest BCUT2D eigenvalue weighted by atomic mass is 32.1. The van der Waals surface area contributed by atoms with Gasteiger partial charge in [0.1, 0.15) is 0 Å². The van der Waals surface area contributed by atoms with Crippen molar-refractivity contribution in [1.82, 2.24) is 4.57 Å². The zero-order valence-electron chi connectivity index (χ0n) is 14.9. The summed E-state index contributed by atoms with van der Waals surface area (Å²) in [4.78, 5) is 12.1. The SMILES string of the molecule is CCCCc1c(-c2ccsc2)c(C(N)=O)c(C)n1CCCOCC. The first kappa shape index (κ1) is 18.7. The van der Waals surface area contributed by atoms with Gasteiger partial charge in [0.25, 0.3) is 5.91 Å². The van der Waals surface area contributed by atoms with Crippen molar-refractivity contribution in [3.63, 3.8) is 0 Å². The zero-order valence-corrected chi connectivity index (χ0v) is 15.7. The van der Waals surface area contributed by atoms with Gasteiger partial charge in [-0.25, -0.2) is 0 Å². The van der Waals surface area contributed by atoms with Gasteiger partial charge < -0.3 is 15.0 Å². The summed E-state index contributed by atoms with van der Waals surface area (Å²) in [5.74, 6) is -0.338. The molecule has 4 nitrogen and oxygen atoms in total. The molecule has 0 aliphatic heterocycles. The predicted molar refractivity (Wildman–Crippen MR) is 101 cm³/mol. The number of hydrogen-bond donors (Lipinski definition) is 1. The Morgan fingerprint density at radius 1 is 1.33 bits per heavy atom. The molecule has 0 saturated heterocycles. The van der Waals surface area contributed by atoms with Crippen molar-refractivity contribution in [2.75, 3.05) is 13.2 Å². The van der Waals surface area contributed by atoms with Gasteiger partial charge in [0.2, 0.25) is 0 Å². The van der Waals surface area contributed by atoms with E-state index in [4.69, 9.17) is 10.5 Å². The van der Waals surface area contributed by atoms with Crippen LogP contribution in [-0.4, -0.2) is 23.7 Å². The molecule has 2 N–H and O–H groups in total. The lowest BCUT2D eigenvalue weighted by Gasteiger charge is -2.13. The Bertz CT molecular complexity index is 659. The third kappa shape index (κ3) is 4.08. The molecule has 2 aromatic heterocycles. The molecule has 0 radical (unpaired) electrons. The minimum absolute atomic E-state index is 0.338. The number of aromatic nitrogens is 1. The standard InChI is InChI=1S/C19H28N2O2S/c1-4-6-8-16-18(15-9-12-24-13-15)17(19(20)22)14(3)21(16)10-7-11-23-5-2/h9,12-13H,4-8,10-11H2,1-3H3,(H2,20,22). The maximum Gasteiger partial charge on any atom is 0.251 e. The summed E-state index contributed by atoms with van der Waals surface area (Å²) in [6.07, 6.45) is 4.12. The topological polar surface area (TPSA) is 57.2 Å². The molecular weight excluding hydrogens is 320 g/mol. The van der Waals surface area contributed by atoms with Crippen molar-refractivity contribution < 1.29 is 9.53 Å². The highest BCUT2D eigenvalue weighted by Gasteiger charge is 2.24. The fourth-order valence-electron chi connectivity index (χ4n) is 3.19. The van der Waals surface area contributed by atoms with Crippen LogP contribution in [0.5, 0.6) is 0 Å². The molecule has 2 aromatic rings. The number of carbonyl (C=O) groups is 1. The summed E-state index contributed by atoms with van der Waals surface area (Å²) in [5.41, 5.74) is 10.8. The molecule has 2 heterocycles. The summed E-state index contributed by atoms with van der Waals surface area (Å²) in [6.45, 7) is 8.53. The van der Waals surface area contributed by atoms with E-state index in [2.05, 4.69) is 22.9 Å². The van der Waals surface area contributed by atoms with Gasteiger partial charge in [-0.3, -0.25) is 4.79 Å². The van der Waals surface area contributed by atoms with Gasteiger partial charge in [-0.1, -0.05) is 13.3 Å². The van der Waals surface area contributed by atoms with Crippen LogP contribution in [0.1, 0.15) is 54.9 Å². The van der Waals surface area contributed by atoms with E-state index in [9.17, 15) is 4.79 Å². The van der Waals surface area contributed by atoms with E-state index in [0.717, 1.165) is 62.3 Å². The highest BCUT2D eigenvalue weighted by Crippen LogP contribution is 2.35. The van der Waals surface area contributed by atoms with Crippen molar-refractivity contribution in [1.29, 1.82) is 0 Å². The largest absolute Gasteiger partial charge is 0.382 e. The number of amides is 1. The number of hydrogen-bond acceptors (Lipinski definition) is 3.